The third-order valence-corrected chi connectivity index (χ3v) is 3.12. The zero-order valence-electron chi connectivity index (χ0n) is 9.58. The van der Waals surface area contributed by atoms with Crippen molar-refractivity contribution in [1.82, 2.24) is 5.32 Å². The van der Waals surface area contributed by atoms with E-state index in [-0.39, 0.29) is 0 Å². The number of ether oxygens (including phenoxy) is 2. The molecule has 0 amide bonds. The van der Waals surface area contributed by atoms with Crippen molar-refractivity contribution < 1.29 is 9.47 Å². The van der Waals surface area contributed by atoms with E-state index in [4.69, 9.17) is 9.47 Å². The van der Waals surface area contributed by atoms with Crippen LogP contribution in [0.25, 0.3) is 0 Å². The van der Waals surface area contributed by atoms with Crippen molar-refractivity contribution in [3.63, 3.8) is 0 Å². The largest absolute Gasteiger partial charge is 0.382 e. The standard InChI is InChI=1S/C11H23NO2/c1-9(13-3)7-11(12-2)10-5-4-6-14-8-10/h9-12H,4-8H2,1-3H3. The van der Waals surface area contributed by atoms with Crippen LogP contribution < -0.4 is 5.32 Å². The lowest BCUT2D eigenvalue weighted by Crippen LogP contribution is -2.40. The van der Waals surface area contributed by atoms with Crippen molar-refractivity contribution in [2.24, 2.45) is 5.92 Å². The van der Waals surface area contributed by atoms with Crippen molar-refractivity contribution >= 4 is 0 Å². The minimum atomic E-state index is 0.328. The monoisotopic (exact) mass is 201 g/mol. The van der Waals surface area contributed by atoms with E-state index in [0.717, 1.165) is 19.6 Å². The fourth-order valence-corrected chi connectivity index (χ4v) is 2.08. The van der Waals surface area contributed by atoms with Crippen molar-refractivity contribution in [3.8, 4) is 0 Å². The molecule has 1 aliphatic heterocycles. The molecule has 3 nitrogen and oxygen atoms in total. The molecule has 1 saturated heterocycles. The van der Waals surface area contributed by atoms with Crippen LogP contribution in [0.4, 0.5) is 0 Å². The van der Waals surface area contributed by atoms with E-state index in [1.807, 2.05) is 7.05 Å². The van der Waals surface area contributed by atoms with E-state index in [1.54, 1.807) is 7.11 Å². The van der Waals surface area contributed by atoms with Gasteiger partial charge < -0.3 is 14.8 Å². The van der Waals surface area contributed by atoms with E-state index >= 15 is 0 Å². The molecule has 0 bridgehead atoms. The molecular formula is C11H23NO2. The molecular weight excluding hydrogens is 178 g/mol. The van der Waals surface area contributed by atoms with Gasteiger partial charge in [0.05, 0.1) is 12.7 Å². The Morgan fingerprint density at radius 3 is 2.86 bits per heavy atom. The highest BCUT2D eigenvalue weighted by molar-refractivity contribution is 4.79. The summed E-state index contributed by atoms with van der Waals surface area (Å²) in [6.45, 7) is 3.96. The normalized spacial score (nSPS) is 27.2. The molecule has 0 aromatic rings. The number of hydrogen-bond donors (Lipinski definition) is 1. The van der Waals surface area contributed by atoms with Crippen LogP contribution >= 0.6 is 0 Å². The van der Waals surface area contributed by atoms with E-state index in [2.05, 4.69) is 12.2 Å². The third kappa shape index (κ3) is 3.56. The first-order chi connectivity index (χ1) is 6.77. The first-order valence-corrected chi connectivity index (χ1v) is 5.55. The molecule has 0 radical (unpaired) electrons. The molecule has 1 aliphatic rings. The van der Waals surface area contributed by atoms with E-state index in [9.17, 15) is 0 Å². The SMILES string of the molecule is CNC(CC(C)OC)C1CCCOC1. The summed E-state index contributed by atoms with van der Waals surface area (Å²) in [5, 5.41) is 3.38. The van der Waals surface area contributed by atoms with Gasteiger partial charge in [-0.05, 0) is 39.2 Å². The first kappa shape index (κ1) is 12.0. The maximum absolute atomic E-state index is 5.50. The lowest BCUT2D eigenvalue weighted by Gasteiger charge is -2.31. The van der Waals surface area contributed by atoms with Gasteiger partial charge in [0.25, 0.3) is 0 Å². The van der Waals surface area contributed by atoms with Crippen LogP contribution in [0, 0.1) is 5.92 Å². The summed E-state index contributed by atoms with van der Waals surface area (Å²) in [7, 11) is 3.80. The van der Waals surface area contributed by atoms with Crippen molar-refractivity contribution in [2.45, 2.75) is 38.3 Å². The van der Waals surface area contributed by atoms with Crippen LogP contribution in [0.2, 0.25) is 0 Å². The van der Waals surface area contributed by atoms with Gasteiger partial charge in [0.2, 0.25) is 0 Å². The van der Waals surface area contributed by atoms with E-state index < -0.39 is 0 Å². The maximum Gasteiger partial charge on any atom is 0.0558 e. The summed E-state index contributed by atoms with van der Waals surface area (Å²) >= 11 is 0. The molecule has 0 aliphatic carbocycles. The van der Waals surface area contributed by atoms with Crippen LogP contribution in [0.5, 0.6) is 0 Å². The predicted molar refractivity (Wildman–Crippen MR) is 57.5 cm³/mol. The fourth-order valence-electron chi connectivity index (χ4n) is 2.08. The smallest absolute Gasteiger partial charge is 0.0558 e. The Balaban J connectivity index is 2.35. The molecule has 1 rings (SSSR count). The summed E-state index contributed by atoms with van der Waals surface area (Å²) in [5.74, 6) is 0.659. The number of methoxy groups -OCH3 is 1. The molecule has 14 heavy (non-hydrogen) atoms. The molecule has 1 heterocycles. The summed E-state index contributed by atoms with van der Waals surface area (Å²) in [4.78, 5) is 0. The average Bonchev–Trinajstić information content (AvgIpc) is 2.26. The van der Waals surface area contributed by atoms with Crippen LogP contribution in [-0.4, -0.2) is 39.5 Å². The molecule has 3 heteroatoms. The zero-order chi connectivity index (χ0) is 10.4. The molecule has 0 spiro atoms. The van der Waals surface area contributed by atoms with Gasteiger partial charge in [-0.15, -0.1) is 0 Å². The Kier molecular flexibility index (Phi) is 5.45. The maximum atomic E-state index is 5.50. The van der Waals surface area contributed by atoms with Gasteiger partial charge in [-0.2, -0.15) is 0 Å². The summed E-state index contributed by atoms with van der Waals surface area (Å²) in [6, 6.07) is 0.533. The molecule has 1 fully saturated rings. The van der Waals surface area contributed by atoms with Gasteiger partial charge in [-0.25, -0.2) is 0 Å². The summed E-state index contributed by atoms with van der Waals surface area (Å²) in [5.41, 5.74) is 0. The van der Waals surface area contributed by atoms with E-state index in [0.29, 0.717) is 18.1 Å². The van der Waals surface area contributed by atoms with Gasteiger partial charge in [-0.3, -0.25) is 0 Å². The van der Waals surface area contributed by atoms with Gasteiger partial charge in [0.1, 0.15) is 0 Å². The van der Waals surface area contributed by atoms with Crippen molar-refractivity contribution in [2.75, 3.05) is 27.4 Å². The molecule has 1 N–H and O–H groups in total. The lowest BCUT2D eigenvalue weighted by molar-refractivity contribution is 0.0253. The highest BCUT2D eigenvalue weighted by atomic mass is 16.5. The quantitative estimate of drug-likeness (QED) is 0.730. The predicted octanol–water partition coefficient (Wildman–Crippen LogP) is 1.43. The van der Waals surface area contributed by atoms with Crippen LogP contribution in [0.15, 0.2) is 0 Å². The average molecular weight is 201 g/mol. The highest BCUT2D eigenvalue weighted by Crippen LogP contribution is 2.20. The second-order valence-electron chi connectivity index (χ2n) is 4.15. The molecule has 0 aromatic heterocycles. The van der Waals surface area contributed by atoms with Crippen LogP contribution in [0.1, 0.15) is 26.2 Å². The van der Waals surface area contributed by atoms with Gasteiger partial charge in [-0.1, -0.05) is 0 Å². The van der Waals surface area contributed by atoms with Crippen LogP contribution in [-0.2, 0) is 9.47 Å². The Bertz CT molecular complexity index is 146. The number of hydrogen-bond acceptors (Lipinski definition) is 3. The molecule has 3 unspecified atom stereocenters. The Morgan fingerprint density at radius 2 is 2.36 bits per heavy atom. The Morgan fingerprint density at radius 1 is 1.57 bits per heavy atom. The van der Waals surface area contributed by atoms with Gasteiger partial charge >= 0.3 is 0 Å². The first-order valence-electron chi connectivity index (χ1n) is 5.55. The topological polar surface area (TPSA) is 30.5 Å². The third-order valence-electron chi connectivity index (χ3n) is 3.12. The summed E-state index contributed by atoms with van der Waals surface area (Å²) < 4.78 is 10.8. The molecule has 0 saturated carbocycles. The fraction of sp³-hybridized carbons (Fsp3) is 1.00. The lowest BCUT2D eigenvalue weighted by atomic mass is 9.90. The molecule has 84 valence electrons. The molecule has 0 aromatic carbocycles. The van der Waals surface area contributed by atoms with Crippen molar-refractivity contribution in [1.29, 1.82) is 0 Å². The molecule has 3 atom stereocenters. The summed E-state index contributed by atoms with van der Waals surface area (Å²) in [6.07, 6.45) is 3.88. The minimum absolute atomic E-state index is 0.328. The Labute approximate surface area is 87.2 Å². The van der Waals surface area contributed by atoms with E-state index in [1.165, 1.54) is 12.8 Å². The van der Waals surface area contributed by atoms with Gasteiger partial charge in [0.15, 0.2) is 0 Å². The number of nitrogens with one attached hydrogen (secondary N) is 1. The van der Waals surface area contributed by atoms with Gasteiger partial charge in [0, 0.05) is 19.8 Å². The van der Waals surface area contributed by atoms with Crippen molar-refractivity contribution in [3.05, 3.63) is 0 Å². The van der Waals surface area contributed by atoms with Crippen LogP contribution in [0.3, 0.4) is 0 Å². The number of rotatable bonds is 5. The minimum Gasteiger partial charge on any atom is -0.382 e. The second kappa shape index (κ2) is 6.38. The Hall–Kier alpha value is -0.120. The second-order valence-corrected chi connectivity index (χ2v) is 4.15. The highest BCUT2D eigenvalue weighted by Gasteiger charge is 2.24. The zero-order valence-corrected chi connectivity index (χ0v) is 9.58.